The Balaban J connectivity index is 2.52. The van der Waals surface area contributed by atoms with Crippen LogP contribution in [0.4, 0.5) is 5.69 Å². The van der Waals surface area contributed by atoms with Crippen molar-refractivity contribution in [1.29, 1.82) is 0 Å². The summed E-state index contributed by atoms with van der Waals surface area (Å²) in [7, 11) is 0. The number of halogens is 4. The lowest BCUT2D eigenvalue weighted by Gasteiger charge is -2.13. The summed E-state index contributed by atoms with van der Waals surface area (Å²) in [6, 6.07) is 9.00. The standard InChI is InChI=1S/C12H7Cl4NO/c13-7-9(15)12(10(16)8(14)11(7)17)18-6-4-2-1-3-5-6/h1-5H,17H2. The van der Waals surface area contributed by atoms with Crippen molar-refractivity contribution in [2.24, 2.45) is 0 Å². The van der Waals surface area contributed by atoms with Gasteiger partial charge in [-0.25, -0.2) is 0 Å². The van der Waals surface area contributed by atoms with Crippen LogP contribution in [0.25, 0.3) is 0 Å². The molecule has 0 aliphatic rings. The second-order valence-corrected chi connectivity index (χ2v) is 4.93. The highest BCUT2D eigenvalue weighted by atomic mass is 35.5. The van der Waals surface area contributed by atoms with Gasteiger partial charge in [-0.05, 0) is 12.1 Å². The predicted octanol–water partition coefficient (Wildman–Crippen LogP) is 5.67. The first kappa shape index (κ1) is 13.6. The van der Waals surface area contributed by atoms with Gasteiger partial charge in [-0.3, -0.25) is 0 Å². The molecule has 2 aromatic rings. The lowest BCUT2D eigenvalue weighted by atomic mass is 10.3. The van der Waals surface area contributed by atoms with Gasteiger partial charge in [-0.15, -0.1) is 0 Å². The summed E-state index contributed by atoms with van der Waals surface area (Å²) in [5.74, 6) is 0.756. The zero-order valence-corrected chi connectivity index (χ0v) is 11.9. The topological polar surface area (TPSA) is 35.2 Å². The number of rotatable bonds is 2. The van der Waals surface area contributed by atoms with Gasteiger partial charge in [0.25, 0.3) is 0 Å². The molecule has 6 heteroatoms. The average molecular weight is 323 g/mol. The summed E-state index contributed by atoms with van der Waals surface area (Å²) in [4.78, 5) is 0. The molecule has 0 aliphatic heterocycles. The van der Waals surface area contributed by atoms with E-state index in [-0.39, 0.29) is 31.5 Å². The molecule has 0 radical (unpaired) electrons. The first-order chi connectivity index (χ1) is 8.52. The lowest BCUT2D eigenvalue weighted by molar-refractivity contribution is 0.483. The van der Waals surface area contributed by atoms with Gasteiger partial charge in [-0.2, -0.15) is 0 Å². The lowest BCUT2D eigenvalue weighted by Crippen LogP contribution is -1.94. The zero-order chi connectivity index (χ0) is 13.3. The third kappa shape index (κ3) is 2.47. The van der Waals surface area contributed by atoms with Crippen LogP contribution in [0.1, 0.15) is 0 Å². The Morgan fingerprint density at radius 3 is 1.78 bits per heavy atom. The molecule has 0 spiro atoms. The fraction of sp³-hybridized carbons (Fsp3) is 0. The van der Waals surface area contributed by atoms with Gasteiger partial charge in [0.2, 0.25) is 0 Å². The summed E-state index contributed by atoms with van der Waals surface area (Å²) in [6.45, 7) is 0. The molecule has 18 heavy (non-hydrogen) atoms. The molecule has 0 atom stereocenters. The fourth-order valence-electron chi connectivity index (χ4n) is 1.32. The molecule has 2 rings (SSSR count). The van der Waals surface area contributed by atoms with Gasteiger partial charge in [0.05, 0.1) is 15.7 Å². The van der Waals surface area contributed by atoms with Crippen molar-refractivity contribution in [2.45, 2.75) is 0 Å². The maximum Gasteiger partial charge on any atom is 0.167 e. The third-order valence-corrected chi connectivity index (χ3v) is 3.92. The Bertz CT molecular complexity index is 557. The molecule has 0 aliphatic carbocycles. The van der Waals surface area contributed by atoms with E-state index in [2.05, 4.69) is 0 Å². The first-order valence-electron chi connectivity index (χ1n) is 4.86. The molecule has 94 valence electrons. The molecule has 0 saturated carbocycles. The molecule has 2 aromatic carbocycles. The van der Waals surface area contributed by atoms with Gasteiger partial charge in [0.1, 0.15) is 15.8 Å². The van der Waals surface area contributed by atoms with Crippen LogP contribution in [0.2, 0.25) is 20.1 Å². The maximum atomic E-state index is 6.05. The van der Waals surface area contributed by atoms with E-state index in [4.69, 9.17) is 56.9 Å². The summed E-state index contributed by atoms with van der Waals surface area (Å²) in [6.07, 6.45) is 0. The van der Waals surface area contributed by atoms with Crippen LogP contribution in [0.5, 0.6) is 11.5 Å². The number of para-hydroxylation sites is 1. The highest BCUT2D eigenvalue weighted by Gasteiger charge is 2.20. The van der Waals surface area contributed by atoms with Crippen LogP contribution in [0, 0.1) is 0 Å². The Labute approximate surface area is 124 Å². The second-order valence-electron chi connectivity index (χ2n) is 3.41. The second kappa shape index (κ2) is 5.45. The summed E-state index contributed by atoms with van der Waals surface area (Å²) in [5.41, 5.74) is 5.79. The van der Waals surface area contributed by atoms with Crippen molar-refractivity contribution in [1.82, 2.24) is 0 Å². The Hall–Kier alpha value is -0.800. The van der Waals surface area contributed by atoms with Gasteiger partial charge in [0.15, 0.2) is 5.75 Å². The van der Waals surface area contributed by atoms with Crippen LogP contribution in [0.15, 0.2) is 30.3 Å². The van der Waals surface area contributed by atoms with E-state index in [1.807, 2.05) is 18.2 Å². The summed E-state index contributed by atoms with van der Waals surface area (Å²) >= 11 is 24.0. The van der Waals surface area contributed by atoms with E-state index in [0.29, 0.717) is 5.75 Å². The number of ether oxygens (including phenoxy) is 1. The molecular formula is C12H7Cl4NO. The Kier molecular flexibility index (Phi) is 4.13. The maximum absolute atomic E-state index is 6.05. The number of nitrogen functional groups attached to an aromatic ring is 1. The number of nitrogens with two attached hydrogens (primary N) is 1. The Morgan fingerprint density at radius 1 is 0.778 bits per heavy atom. The fourth-order valence-corrected chi connectivity index (χ4v) is 2.25. The largest absolute Gasteiger partial charge is 0.454 e. The van der Waals surface area contributed by atoms with Crippen LogP contribution in [0.3, 0.4) is 0 Å². The predicted molar refractivity (Wildman–Crippen MR) is 77.4 cm³/mol. The van der Waals surface area contributed by atoms with Crippen molar-refractivity contribution < 1.29 is 4.74 Å². The highest BCUT2D eigenvalue weighted by Crippen LogP contribution is 2.48. The van der Waals surface area contributed by atoms with Crippen molar-refractivity contribution in [3.05, 3.63) is 50.4 Å². The normalized spacial score (nSPS) is 10.4. The SMILES string of the molecule is Nc1c(Cl)c(Cl)c(Oc2ccccc2)c(Cl)c1Cl. The number of anilines is 1. The molecule has 0 amide bonds. The van der Waals surface area contributed by atoms with E-state index >= 15 is 0 Å². The van der Waals surface area contributed by atoms with Crippen LogP contribution >= 0.6 is 46.4 Å². The van der Waals surface area contributed by atoms with Gasteiger partial charge in [0, 0.05) is 0 Å². The molecule has 0 aromatic heterocycles. The van der Waals surface area contributed by atoms with E-state index in [1.54, 1.807) is 12.1 Å². The quantitative estimate of drug-likeness (QED) is 0.570. The molecule has 0 unspecified atom stereocenters. The average Bonchev–Trinajstić information content (AvgIpc) is 2.40. The van der Waals surface area contributed by atoms with Crippen molar-refractivity contribution in [3.63, 3.8) is 0 Å². The molecule has 0 bridgehead atoms. The molecule has 2 nitrogen and oxygen atoms in total. The van der Waals surface area contributed by atoms with Crippen LogP contribution in [-0.2, 0) is 0 Å². The number of benzene rings is 2. The number of hydrogen-bond acceptors (Lipinski definition) is 2. The minimum absolute atomic E-state index is 0.122. The van der Waals surface area contributed by atoms with Gasteiger partial charge < -0.3 is 10.5 Å². The number of hydrogen-bond donors (Lipinski definition) is 1. The van der Waals surface area contributed by atoms with E-state index in [0.717, 1.165) is 0 Å². The molecule has 0 heterocycles. The molecule has 0 fully saturated rings. The summed E-state index contributed by atoms with van der Waals surface area (Å²) < 4.78 is 5.57. The van der Waals surface area contributed by atoms with Gasteiger partial charge >= 0.3 is 0 Å². The minimum Gasteiger partial charge on any atom is -0.454 e. The van der Waals surface area contributed by atoms with E-state index < -0.39 is 0 Å². The van der Waals surface area contributed by atoms with E-state index in [1.165, 1.54) is 0 Å². The first-order valence-corrected chi connectivity index (χ1v) is 6.38. The van der Waals surface area contributed by atoms with Gasteiger partial charge in [-0.1, -0.05) is 64.6 Å². The molecule has 2 N–H and O–H groups in total. The third-order valence-electron chi connectivity index (χ3n) is 2.22. The van der Waals surface area contributed by atoms with Crippen molar-refractivity contribution >= 4 is 52.1 Å². The zero-order valence-electron chi connectivity index (χ0n) is 8.88. The highest BCUT2D eigenvalue weighted by molar-refractivity contribution is 6.51. The van der Waals surface area contributed by atoms with Crippen LogP contribution in [-0.4, -0.2) is 0 Å². The van der Waals surface area contributed by atoms with Crippen molar-refractivity contribution in [3.8, 4) is 11.5 Å². The van der Waals surface area contributed by atoms with E-state index in [9.17, 15) is 0 Å². The molecular weight excluding hydrogens is 316 g/mol. The molecule has 0 saturated heterocycles. The van der Waals surface area contributed by atoms with Crippen molar-refractivity contribution in [2.75, 3.05) is 5.73 Å². The minimum atomic E-state index is 0.122. The monoisotopic (exact) mass is 321 g/mol. The van der Waals surface area contributed by atoms with Crippen LogP contribution < -0.4 is 10.5 Å². The smallest absolute Gasteiger partial charge is 0.167 e. The Morgan fingerprint density at radius 2 is 1.28 bits per heavy atom. The summed E-state index contributed by atoms with van der Waals surface area (Å²) in [5, 5.41) is 0.508.